The molecule has 0 aromatic heterocycles. The number of hydrogen-bond donors (Lipinski definition) is 1. The van der Waals surface area contributed by atoms with Gasteiger partial charge in [-0.2, -0.15) is 0 Å². The maximum absolute atomic E-state index is 5.66. The average Bonchev–Trinajstić information content (AvgIpc) is 2.85. The van der Waals surface area contributed by atoms with Crippen molar-refractivity contribution >= 4 is 0 Å². The summed E-state index contributed by atoms with van der Waals surface area (Å²) in [5.41, 5.74) is 0. The molecule has 100 valence electrons. The van der Waals surface area contributed by atoms with Gasteiger partial charge in [-0.1, -0.05) is 6.92 Å². The second-order valence-electron chi connectivity index (χ2n) is 5.45. The zero-order valence-electron chi connectivity index (χ0n) is 11.3. The molecule has 2 heterocycles. The van der Waals surface area contributed by atoms with Gasteiger partial charge in [0.1, 0.15) is 0 Å². The Balaban J connectivity index is 1.52. The van der Waals surface area contributed by atoms with Gasteiger partial charge in [-0.05, 0) is 64.7 Å². The van der Waals surface area contributed by atoms with Crippen LogP contribution in [0.4, 0.5) is 0 Å². The Labute approximate surface area is 106 Å². The molecule has 17 heavy (non-hydrogen) atoms. The van der Waals surface area contributed by atoms with Crippen molar-refractivity contribution in [2.45, 2.75) is 57.6 Å². The highest BCUT2D eigenvalue weighted by Crippen LogP contribution is 2.18. The van der Waals surface area contributed by atoms with Crippen molar-refractivity contribution in [2.24, 2.45) is 0 Å². The van der Waals surface area contributed by atoms with Gasteiger partial charge in [-0.3, -0.25) is 0 Å². The molecule has 2 rings (SSSR count). The molecule has 0 saturated carbocycles. The number of piperidine rings is 1. The Morgan fingerprint density at radius 2 is 2.06 bits per heavy atom. The van der Waals surface area contributed by atoms with Crippen LogP contribution in [0, 0.1) is 0 Å². The number of rotatable bonds is 6. The summed E-state index contributed by atoms with van der Waals surface area (Å²) >= 11 is 0. The minimum atomic E-state index is 0.578. The minimum absolute atomic E-state index is 0.578. The molecule has 0 aromatic rings. The van der Waals surface area contributed by atoms with E-state index in [9.17, 15) is 0 Å². The molecule has 0 aliphatic carbocycles. The molecule has 1 N–H and O–H groups in total. The van der Waals surface area contributed by atoms with Crippen molar-refractivity contribution in [3.8, 4) is 0 Å². The SMILES string of the molecule is CCNC1CCN(CCCC2CCCO2)CC1. The van der Waals surface area contributed by atoms with E-state index in [0.717, 1.165) is 19.2 Å². The van der Waals surface area contributed by atoms with E-state index in [4.69, 9.17) is 4.74 Å². The van der Waals surface area contributed by atoms with E-state index in [1.807, 2.05) is 0 Å². The van der Waals surface area contributed by atoms with E-state index in [1.165, 1.54) is 58.2 Å². The monoisotopic (exact) mass is 240 g/mol. The molecule has 1 atom stereocenters. The third kappa shape index (κ3) is 4.57. The van der Waals surface area contributed by atoms with Gasteiger partial charge in [0.05, 0.1) is 6.10 Å². The Morgan fingerprint density at radius 3 is 2.71 bits per heavy atom. The summed E-state index contributed by atoms with van der Waals surface area (Å²) < 4.78 is 5.66. The lowest BCUT2D eigenvalue weighted by atomic mass is 10.0. The van der Waals surface area contributed by atoms with Crippen molar-refractivity contribution in [2.75, 3.05) is 32.8 Å². The van der Waals surface area contributed by atoms with Crippen LogP contribution in [-0.2, 0) is 4.74 Å². The van der Waals surface area contributed by atoms with Gasteiger partial charge in [0.2, 0.25) is 0 Å². The largest absolute Gasteiger partial charge is 0.378 e. The van der Waals surface area contributed by atoms with E-state index >= 15 is 0 Å². The fourth-order valence-electron chi connectivity index (χ4n) is 3.06. The number of likely N-dealkylation sites (tertiary alicyclic amines) is 1. The predicted molar refractivity (Wildman–Crippen MR) is 71.3 cm³/mol. The van der Waals surface area contributed by atoms with E-state index in [1.54, 1.807) is 0 Å². The predicted octanol–water partition coefficient (Wildman–Crippen LogP) is 2.02. The molecule has 0 amide bonds. The number of nitrogens with one attached hydrogen (secondary N) is 1. The first kappa shape index (κ1) is 13.3. The number of ether oxygens (including phenoxy) is 1. The van der Waals surface area contributed by atoms with Gasteiger partial charge >= 0.3 is 0 Å². The first-order valence-corrected chi connectivity index (χ1v) is 7.46. The lowest BCUT2D eigenvalue weighted by molar-refractivity contribution is 0.0967. The smallest absolute Gasteiger partial charge is 0.0576 e. The minimum Gasteiger partial charge on any atom is -0.378 e. The molecular formula is C14H28N2O. The molecule has 0 radical (unpaired) electrons. The molecule has 3 nitrogen and oxygen atoms in total. The van der Waals surface area contributed by atoms with Crippen LogP contribution in [0.25, 0.3) is 0 Å². The summed E-state index contributed by atoms with van der Waals surface area (Å²) in [6, 6.07) is 0.773. The quantitative estimate of drug-likeness (QED) is 0.769. The van der Waals surface area contributed by atoms with Gasteiger partial charge < -0.3 is 15.0 Å². The lowest BCUT2D eigenvalue weighted by Gasteiger charge is -2.32. The van der Waals surface area contributed by atoms with Gasteiger partial charge in [0.25, 0.3) is 0 Å². The maximum Gasteiger partial charge on any atom is 0.0576 e. The van der Waals surface area contributed by atoms with Crippen LogP contribution in [0.2, 0.25) is 0 Å². The van der Waals surface area contributed by atoms with Gasteiger partial charge in [-0.15, -0.1) is 0 Å². The molecule has 0 spiro atoms. The normalized spacial score (nSPS) is 27.7. The first-order valence-electron chi connectivity index (χ1n) is 7.46. The fourth-order valence-corrected chi connectivity index (χ4v) is 3.06. The Kier molecular flexibility index (Phi) is 5.75. The van der Waals surface area contributed by atoms with Crippen molar-refractivity contribution < 1.29 is 4.74 Å². The summed E-state index contributed by atoms with van der Waals surface area (Å²) in [5.74, 6) is 0. The molecule has 2 aliphatic heterocycles. The second kappa shape index (κ2) is 7.34. The van der Waals surface area contributed by atoms with E-state index in [-0.39, 0.29) is 0 Å². The molecule has 3 heteroatoms. The highest BCUT2D eigenvalue weighted by atomic mass is 16.5. The molecule has 2 aliphatic rings. The Morgan fingerprint density at radius 1 is 1.24 bits per heavy atom. The summed E-state index contributed by atoms with van der Waals surface area (Å²) in [4.78, 5) is 2.63. The highest BCUT2D eigenvalue weighted by molar-refractivity contribution is 4.77. The van der Waals surface area contributed by atoms with Crippen LogP contribution in [0.15, 0.2) is 0 Å². The first-order chi connectivity index (χ1) is 8.38. The van der Waals surface area contributed by atoms with Crippen molar-refractivity contribution in [1.82, 2.24) is 10.2 Å². The van der Waals surface area contributed by atoms with Gasteiger partial charge in [0, 0.05) is 12.6 Å². The molecule has 2 saturated heterocycles. The van der Waals surface area contributed by atoms with Crippen LogP contribution in [0.3, 0.4) is 0 Å². The topological polar surface area (TPSA) is 24.5 Å². The second-order valence-corrected chi connectivity index (χ2v) is 5.45. The van der Waals surface area contributed by atoms with E-state index in [0.29, 0.717) is 6.10 Å². The van der Waals surface area contributed by atoms with E-state index < -0.39 is 0 Å². The third-order valence-corrected chi connectivity index (χ3v) is 4.10. The zero-order valence-corrected chi connectivity index (χ0v) is 11.3. The van der Waals surface area contributed by atoms with E-state index in [2.05, 4.69) is 17.1 Å². The van der Waals surface area contributed by atoms with Crippen molar-refractivity contribution in [1.29, 1.82) is 0 Å². The van der Waals surface area contributed by atoms with Gasteiger partial charge in [0.15, 0.2) is 0 Å². The standard InChI is InChI=1S/C14H28N2O/c1-2-15-13-7-10-16(11-8-13)9-3-5-14-6-4-12-17-14/h13-15H,2-12H2,1H3. The van der Waals surface area contributed by atoms with Crippen molar-refractivity contribution in [3.63, 3.8) is 0 Å². The van der Waals surface area contributed by atoms with Crippen LogP contribution < -0.4 is 5.32 Å². The van der Waals surface area contributed by atoms with Crippen molar-refractivity contribution in [3.05, 3.63) is 0 Å². The van der Waals surface area contributed by atoms with Crippen LogP contribution in [0.5, 0.6) is 0 Å². The number of hydrogen-bond acceptors (Lipinski definition) is 3. The summed E-state index contributed by atoms with van der Waals surface area (Å²) in [5, 5.41) is 3.56. The maximum atomic E-state index is 5.66. The lowest BCUT2D eigenvalue weighted by Crippen LogP contribution is -2.42. The molecule has 0 bridgehead atoms. The molecule has 1 unspecified atom stereocenters. The summed E-state index contributed by atoms with van der Waals surface area (Å²) in [7, 11) is 0. The molecule has 2 fully saturated rings. The van der Waals surface area contributed by atoms with Crippen LogP contribution in [-0.4, -0.2) is 49.8 Å². The van der Waals surface area contributed by atoms with Crippen LogP contribution in [0.1, 0.15) is 45.4 Å². The Bertz CT molecular complexity index is 196. The molecular weight excluding hydrogens is 212 g/mol. The fraction of sp³-hybridized carbons (Fsp3) is 1.00. The Hall–Kier alpha value is -0.120. The average molecular weight is 240 g/mol. The van der Waals surface area contributed by atoms with Crippen LogP contribution >= 0.6 is 0 Å². The number of nitrogens with zero attached hydrogens (tertiary/aromatic N) is 1. The zero-order chi connectivity index (χ0) is 11.9. The van der Waals surface area contributed by atoms with Gasteiger partial charge in [-0.25, -0.2) is 0 Å². The summed E-state index contributed by atoms with van der Waals surface area (Å²) in [6.07, 6.45) is 8.39. The summed E-state index contributed by atoms with van der Waals surface area (Å²) in [6.45, 7) is 8.15. The third-order valence-electron chi connectivity index (χ3n) is 4.10. The highest BCUT2D eigenvalue weighted by Gasteiger charge is 2.19. The molecule has 0 aromatic carbocycles.